The number of nitrogens with one attached hydrogen (secondary N) is 1. The van der Waals surface area contributed by atoms with Crippen LogP contribution in [0.15, 0.2) is 22.1 Å². The molecule has 1 aromatic carbocycles. The topological polar surface area (TPSA) is 94.1 Å². The maximum absolute atomic E-state index is 14.9. The number of hydrogen-bond acceptors (Lipinski definition) is 5. The predicted octanol–water partition coefficient (Wildman–Crippen LogP) is 4.52. The predicted molar refractivity (Wildman–Crippen MR) is 139 cm³/mol. The Morgan fingerprint density at radius 3 is 2.94 bits per heavy atom. The molecule has 180 valence electrons. The number of pyridine rings is 1. The molecule has 5 rings (SSSR count). The largest absolute Gasteiger partial charge is 0.520 e. The van der Waals surface area contributed by atoms with Crippen molar-refractivity contribution in [2.75, 3.05) is 9.74 Å². The minimum atomic E-state index is -1.60. The van der Waals surface area contributed by atoms with Crippen LogP contribution in [0.2, 0.25) is 0 Å². The molecule has 2 atom stereocenters. The van der Waals surface area contributed by atoms with Gasteiger partial charge in [-0.2, -0.15) is 0 Å². The third-order valence-electron chi connectivity index (χ3n) is 7.41. The van der Waals surface area contributed by atoms with Crippen LogP contribution in [0.4, 0.5) is 10.1 Å². The standard InChI is InChI=1S/C25H27FIN3O4/c1-3-25(29-33)18-11-22-20(7-10-30(22)23(31)17(18)13-34-24(25)32)28-21-12-19(26)14(2)15-5-4-8-27-9-6-16(15)21/h9,11-12,20,28H,3-8,10,13H2,1-2H3/p+1/t20?,25-/m0/s1. The van der Waals surface area contributed by atoms with E-state index in [2.05, 4.69) is 14.5 Å². The SMILES string of the molecule is CC[C@@]1(N=O)C(=[OH+])OCc2c1cc1n(c2=O)CCC1Nc1cc(F)c(C)c2c1CC=ICCC2. The van der Waals surface area contributed by atoms with Gasteiger partial charge in [0.2, 0.25) is 6.61 Å². The highest BCUT2D eigenvalue weighted by Gasteiger charge is 2.54. The molecule has 2 aromatic rings. The Morgan fingerprint density at radius 1 is 1.35 bits per heavy atom. The summed E-state index contributed by atoms with van der Waals surface area (Å²) < 4.78 is 25.5. The Hall–Kier alpha value is -2.43. The van der Waals surface area contributed by atoms with Crippen LogP contribution < -0.4 is 10.9 Å². The number of anilines is 1. The molecular formula is C25H28FIN3O4+. The van der Waals surface area contributed by atoms with Crippen LogP contribution in [0, 0.1) is 17.6 Å². The fraction of sp³-hybridized carbons (Fsp3) is 0.480. The summed E-state index contributed by atoms with van der Waals surface area (Å²) in [5.41, 5.74) is 3.39. The normalized spacial score (nSPS) is 23.5. The third kappa shape index (κ3) is 3.54. The molecule has 3 aliphatic heterocycles. The van der Waals surface area contributed by atoms with Crippen LogP contribution in [-0.2, 0) is 36.3 Å². The average molecular weight is 580 g/mol. The van der Waals surface area contributed by atoms with Crippen LogP contribution in [0.5, 0.6) is 0 Å². The smallest absolute Gasteiger partial charge is 0.376 e. The summed E-state index contributed by atoms with van der Waals surface area (Å²) in [4.78, 5) is 35.6. The van der Waals surface area contributed by atoms with Crippen molar-refractivity contribution in [1.82, 2.24) is 4.57 Å². The first kappa shape index (κ1) is 23.3. The summed E-state index contributed by atoms with van der Waals surface area (Å²) >= 11 is 0.0537. The molecule has 0 saturated heterocycles. The Labute approximate surface area is 206 Å². The van der Waals surface area contributed by atoms with E-state index >= 15 is 0 Å². The highest BCUT2D eigenvalue weighted by atomic mass is 127. The van der Waals surface area contributed by atoms with Crippen molar-refractivity contribution >= 4 is 36.4 Å². The van der Waals surface area contributed by atoms with E-state index in [1.54, 1.807) is 23.6 Å². The van der Waals surface area contributed by atoms with Gasteiger partial charge in [0.05, 0.1) is 11.6 Å². The fourth-order valence-electron chi connectivity index (χ4n) is 5.43. The molecule has 0 bridgehead atoms. The number of cyclic esters (lactones) is 1. The zero-order valence-electron chi connectivity index (χ0n) is 19.3. The van der Waals surface area contributed by atoms with Crippen molar-refractivity contribution in [3.8, 4) is 0 Å². The van der Waals surface area contributed by atoms with E-state index in [-0.39, 0.29) is 51.2 Å². The number of ether oxygens (including phenoxy) is 1. The number of alkyl halides is 1. The second-order valence-electron chi connectivity index (χ2n) is 9.10. The molecular weight excluding hydrogens is 552 g/mol. The molecule has 0 radical (unpaired) electrons. The molecule has 34 heavy (non-hydrogen) atoms. The first-order chi connectivity index (χ1) is 16.4. The Balaban J connectivity index is 1.60. The number of halogens is 2. The molecule has 0 saturated carbocycles. The first-order valence-electron chi connectivity index (χ1n) is 11.7. The number of carbonyl (C=O) groups excluding carboxylic acids is 1. The summed E-state index contributed by atoms with van der Waals surface area (Å²) in [6.07, 6.45) is 3.61. The molecule has 3 aliphatic rings. The number of aromatic nitrogens is 1. The van der Waals surface area contributed by atoms with Crippen molar-refractivity contribution in [3.05, 3.63) is 66.7 Å². The monoisotopic (exact) mass is 580 g/mol. The van der Waals surface area contributed by atoms with Crippen molar-refractivity contribution in [1.29, 1.82) is 0 Å². The lowest BCUT2D eigenvalue weighted by molar-refractivity contribution is 0.200. The van der Waals surface area contributed by atoms with Gasteiger partial charge in [0.25, 0.3) is 11.1 Å². The molecule has 9 heteroatoms. The zero-order chi connectivity index (χ0) is 24.0. The quantitative estimate of drug-likeness (QED) is 0.189. The molecule has 1 aromatic heterocycles. The number of nitrogens with zero attached hydrogens (tertiary/aromatic N) is 2. The second-order valence-corrected chi connectivity index (χ2v) is 11.9. The van der Waals surface area contributed by atoms with E-state index in [1.165, 1.54) is 4.43 Å². The van der Waals surface area contributed by atoms with Gasteiger partial charge in [0, 0.05) is 23.5 Å². The van der Waals surface area contributed by atoms with E-state index in [1.807, 2.05) is 6.92 Å². The van der Waals surface area contributed by atoms with Gasteiger partial charge in [-0.05, 0) is 77.5 Å². The second kappa shape index (κ2) is 8.98. The minimum absolute atomic E-state index is 0.0537. The van der Waals surface area contributed by atoms with Crippen molar-refractivity contribution in [2.45, 2.75) is 70.7 Å². The highest BCUT2D eigenvalue weighted by Crippen LogP contribution is 2.40. The van der Waals surface area contributed by atoms with Gasteiger partial charge < -0.3 is 19.4 Å². The molecule has 7 nitrogen and oxygen atoms in total. The lowest BCUT2D eigenvalue weighted by Crippen LogP contribution is -2.43. The summed E-state index contributed by atoms with van der Waals surface area (Å²) in [6.45, 7) is 4.00. The molecule has 1 unspecified atom stereocenters. The third-order valence-corrected chi connectivity index (χ3v) is 9.86. The summed E-state index contributed by atoms with van der Waals surface area (Å²) in [5.74, 6) is -0.686. The molecule has 0 spiro atoms. The lowest BCUT2D eigenvalue weighted by atomic mass is 9.83. The molecule has 0 amide bonds. The number of esters is 1. The highest BCUT2D eigenvalue weighted by molar-refractivity contribution is 14.2. The van der Waals surface area contributed by atoms with E-state index in [0.717, 1.165) is 47.3 Å². The number of fused-ring (bicyclic) bond motifs is 3. The molecule has 4 heterocycles. The molecule has 0 aliphatic carbocycles. The van der Waals surface area contributed by atoms with Gasteiger partial charge in [-0.1, -0.05) is 10.9 Å². The van der Waals surface area contributed by atoms with Gasteiger partial charge in [-0.15, -0.1) is 25.6 Å². The maximum atomic E-state index is 14.9. The summed E-state index contributed by atoms with van der Waals surface area (Å²) in [7, 11) is 0. The van der Waals surface area contributed by atoms with Crippen LogP contribution in [0.25, 0.3) is 0 Å². The fourth-order valence-corrected chi connectivity index (χ4v) is 7.44. The van der Waals surface area contributed by atoms with Crippen LogP contribution in [0.3, 0.4) is 0 Å². The number of hydrogen-bond donors (Lipinski definition) is 1. The van der Waals surface area contributed by atoms with Gasteiger partial charge >= 0.3 is 5.97 Å². The maximum Gasteiger partial charge on any atom is 0.520 e. The Bertz CT molecular complexity index is 1290. The van der Waals surface area contributed by atoms with E-state index in [9.17, 15) is 18.9 Å². The molecule has 0 fully saturated rings. The van der Waals surface area contributed by atoms with Crippen LogP contribution in [0.1, 0.15) is 65.7 Å². The lowest BCUT2D eigenvalue weighted by Gasteiger charge is -2.27. The van der Waals surface area contributed by atoms with E-state index in [0.29, 0.717) is 24.1 Å². The molecule has 2 N–H and O–H groups in total. The Morgan fingerprint density at radius 2 is 2.18 bits per heavy atom. The zero-order valence-corrected chi connectivity index (χ0v) is 21.4. The van der Waals surface area contributed by atoms with Crippen molar-refractivity contribution in [2.24, 2.45) is 5.18 Å². The van der Waals surface area contributed by atoms with Gasteiger partial charge in [0.1, 0.15) is 5.82 Å². The minimum Gasteiger partial charge on any atom is -0.376 e. The number of nitroso groups, excluding NO2 is 1. The van der Waals surface area contributed by atoms with Gasteiger partial charge in [0.15, 0.2) is 0 Å². The number of rotatable bonds is 4. The summed E-state index contributed by atoms with van der Waals surface area (Å²) in [5, 5.41) is 6.75. The van der Waals surface area contributed by atoms with Gasteiger partial charge in [-0.25, -0.2) is 4.39 Å². The van der Waals surface area contributed by atoms with Crippen molar-refractivity contribution in [3.63, 3.8) is 0 Å². The number of benzene rings is 1. The first-order valence-corrected chi connectivity index (χ1v) is 14.5. The van der Waals surface area contributed by atoms with Crippen LogP contribution in [-0.4, -0.2) is 23.8 Å². The Kier molecular flexibility index (Phi) is 6.16. The van der Waals surface area contributed by atoms with Crippen molar-refractivity contribution < 1.29 is 13.9 Å². The van der Waals surface area contributed by atoms with Crippen LogP contribution >= 0.6 is 20.7 Å². The van der Waals surface area contributed by atoms with Gasteiger partial charge in [-0.3, -0.25) is 4.79 Å². The van der Waals surface area contributed by atoms with E-state index in [4.69, 9.17) is 4.74 Å². The van der Waals surface area contributed by atoms with E-state index < -0.39 is 11.5 Å². The average Bonchev–Trinajstić information content (AvgIpc) is 3.21. The summed E-state index contributed by atoms with van der Waals surface area (Å²) in [6, 6.07) is 3.16.